The van der Waals surface area contributed by atoms with E-state index in [0.717, 1.165) is 10.9 Å². The first-order valence-electron chi connectivity index (χ1n) is 12.4. The van der Waals surface area contributed by atoms with Crippen molar-refractivity contribution in [3.8, 4) is 22.8 Å². The van der Waals surface area contributed by atoms with E-state index < -0.39 is 0 Å². The van der Waals surface area contributed by atoms with Crippen molar-refractivity contribution in [2.75, 3.05) is 50.4 Å². The van der Waals surface area contributed by atoms with Gasteiger partial charge in [-0.1, -0.05) is 25.1 Å². The van der Waals surface area contributed by atoms with Gasteiger partial charge in [0.15, 0.2) is 11.6 Å². The number of nitrogens with zero attached hydrogens (tertiary/aromatic N) is 5. The van der Waals surface area contributed by atoms with Crippen molar-refractivity contribution in [3.05, 3.63) is 47.8 Å². The van der Waals surface area contributed by atoms with Gasteiger partial charge in [-0.3, -0.25) is 9.48 Å². The van der Waals surface area contributed by atoms with Crippen LogP contribution in [0.25, 0.3) is 22.2 Å². The number of anilines is 4. The highest BCUT2D eigenvalue weighted by atomic mass is 35.5. The number of ether oxygens (including phenoxy) is 3. The predicted molar refractivity (Wildman–Crippen MR) is 156 cm³/mol. The van der Waals surface area contributed by atoms with E-state index in [1.165, 1.54) is 6.08 Å². The van der Waals surface area contributed by atoms with Crippen LogP contribution in [0, 0.1) is 0 Å². The zero-order chi connectivity index (χ0) is 28.8. The van der Waals surface area contributed by atoms with Crippen LogP contribution < -0.4 is 25.4 Å². The van der Waals surface area contributed by atoms with Gasteiger partial charge in [0.25, 0.3) is 0 Å². The van der Waals surface area contributed by atoms with Gasteiger partial charge in [0, 0.05) is 49.5 Å². The number of methoxy groups -OCH3 is 3. The van der Waals surface area contributed by atoms with Crippen LogP contribution in [0.5, 0.6) is 11.5 Å². The molecule has 12 nitrogen and oxygen atoms in total. The zero-order valence-electron chi connectivity index (χ0n) is 23.0. The summed E-state index contributed by atoms with van der Waals surface area (Å²) >= 11 is 6.82. The fourth-order valence-electron chi connectivity index (χ4n) is 4.18. The van der Waals surface area contributed by atoms with Crippen molar-refractivity contribution in [1.29, 1.82) is 0 Å². The smallest absolute Gasteiger partial charge is 0.247 e. The number of nitrogens with one attached hydrogen (secondary N) is 3. The molecule has 0 aliphatic carbocycles. The van der Waals surface area contributed by atoms with Crippen LogP contribution in [-0.4, -0.2) is 65.1 Å². The second-order valence-electron chi connectivity index (χ2n) is 8.59. The van der Waals surface area contributed by atoms with Gasteiger partial charge in [-0.25, -0.2) is 15.0 Å². The lowest BCUT2D eigenvalue weighted by molar-refractivity contribution is -0.111. The summed E-state index contributed by atoms with van der Waals surface area (Å²) in [5.41, 5.74) is 3.22. The number of carbonyl (C=O) groups is 1. The third-order valence-corrected chi connectivity index (χ3v) is 6.39. The first-order chi connectivity index (χ1) is 19.3. The van der Waals surface area contributed by atoms with E-state index >= 15 is 0 Å². The van der Waals surface area contributed by atoms with Crippen LogP contribution >= 0.6 is 11.6 Å². The Morgan fingerprint density at radius 3 is 2.60 bits per heavy atom. The lowest BCUT2D eigenvalue weighted by Gasteiger charge is -2.18. The Balaban J connectivity index is 1.84. The monoisotopic (exact) mass is 566 g/mol. The van der Waals surface area contributed by atoms with Gasteiger partial charge in [0.1, 0.15) is 22.7 Å². The van der Waals surface area contributed by atoms with Crippen LogP contribution in [0.2, 0.25) is 5.02 Å². The molecule has 40 heavy (non-hydrogen) atoms. The summed E-state index contributed by atoms with van der Waals surface area (Å²) in [4.78, 5) is 26.0. The molecule has 1 amide bonds. The van der Waals surface area contributed by atoms with Crippen molar-refractivity contribution in [1.82, 2.24) is 24.7 Å². The summed E-state index contributed by atoms with van der Waals surface area (Å²) in [5.74, 6) is 1.91. The van der Waals surface area contributed by atoms with E-state index in [0.29, 0.717) is 70.2 Å². The Kier molecular flexibility index (Phi) is 9.02. The molecule has 210 valence electrons. The van der Waals surface area contributed by atoms with Gasteiger partial charge in [0.05, 0.1) is 37.7 Å². The van der Waals surface area contributed by atoms with E-state index in [1.54, 1.807) is 51.5 Å². The van der Waals surface area contributed by atoms with Gasteiger partial charge in [-0.05, 0) is 18.6 Å². The fraction of sp³-hybridized carbons (Fsp3) is 0.296. The molecule has 0 radical (unpaired) electrons. The molecular formula is C27H31ClN8O4. The average Bonchev–Trinajstić information content (AvgIpc) is 3.30. The molecule has 0 bridgehead atoms. The van der Waals surface area contributed by atoms with Crippen molar-refractivity contribution in [3.63, 3.8) is 0 Å². The standard InChI is InChI=1S/C27H31ClN8O4/c1-7-16-19(39-5)12-20(40-6)23(28)22(16)17-11-15-13-30-27(33-24(15)26(32-17)29-9-10-38-4)34-25-18(14-36(3)35-25)31-21(37)8-2/h8,11-14H,2,7,9-10H2,1,3-6H3,(H,29,32)(H,31,37)(H,30,33,34,35). The van der Waals surface area contributed by atoms with Crippen molar-refractivity contribution < 1.29 is 19.0 Å². The molecule has 0 fully saturated rings. The second kappa shape index (κ2) is 12.6. The van der Waals surface area contributed by atoms with Crippen LogP contribution in [0.4, 0.5) is 23.3 Å². The van der Waals surface area contributed by atoms with Crippen molar-refractivity contribution in [2.24, 2.45) is 7.05 Å². The van der Waals surface area contributed by atoms with E-state index in [2.05, 4.69) is 32.6 Å². The number of halogens is 1. The number of hydrogen-bond acceptors (Lipinski definition) is 10. The Morgan fingerprint density at radius 2 is 1.93 bits per heavy atom. The minimum Gasteiger partial charge on any atom is -0.496 e. The quantitative estimate of drug-likeness (QED) is 0.165. The van der Waals surface area contributed by atoms with E-state index in [1.807, 2.05) is 13.0 Å². The summed E-state index contributed by atoms with van der Waals surface area (Å²) in [5, 5.41) is 14.6. The van der Waals surface area contributed by atoms with Gasteiger partial charge < -0.3 is 30.2 Å². The molecule has 0 aliphatic heterocycles. The molecule has 0 spiro atoms. The first-order valence-corrected chi connectivity index (χ1v) is 12.8. The Bertz CT molecular complexity index is 1560. The Morgan fingerprint density at radius 1 is 1.15 bits per heavy atom. The number of rotatable bonds is 12. The molecule has 0 saturated heterocycles. The van der Waals surface area contributed by atoms with Crippen LogP contribution in [0.15, 0.2) is 37.2 Å². The molecule has 13 heteroatoms. The van der Waals surface area contributed by atoms with Crippen LogP contribution in [-0.2, 0) is 23.0 Å². The lowest BCUT2D eigenvalue weighted by Crippen LogP contribution is -2.11. The molecular weight excluding hydrogens is 536 g/mol. The lowest BCUT2D eigenvalue weighted by atomic mass is 9.99. The molecule has 3 N–H and O–H groups in total. The summed E-state index contributed by atoms with van der Waals surface area (Å²) in [6.45, 7) is 6.45. The number of carbonyl (C=O) groups excluding carboxylic acids is 1. The number of pyridine rings is 1. The second-order valence-corrected chi connectivity index (χ2v) is 8.97. The molecule has 3 heterocycles. The van der Waals surface area contributed by atoms with Gasteiger partial charge in [-0.2, -0.15) is 5.10 Å². The van der Waals surface area contributed by atoms with Crippen molar-refractivity contribution in [2.45, 2.75) is 13.3 Å². The van der Waals surface area contributed by atoms with Gasteiger partial charge in [0.2, 0.25) is 11.9 Å². The zero-order valence-corrected chi connectivity index (χ0v) is 23.7. The number of amides is 1. The normalized spacial score (nSPS) is 10.8. The molecule has 0 saturated carbocycles. The highest BCUT2D eigenvalue weighted by Gasteiger charge is 2.22. The topological polar surface area (TPSA) is 137 Å². The SMILES string of the molecule is C=CC(=O)Nc1cn(C)nc1Nc1ncc2cc(-c3c(Cl)c(OC)cc(OC)c3CC)nc(NCCOC)c2n1. The largest absolute Gasteiger partial charge is 0.496 e. The minimum absolute atomic E-state index is 0.264. The molecule has 3 aromatic heterocycles. The van der Waals surface area contributed by atoms with Gasteiger partial charge >= 0.3 is 0 Å². The molecule has 0 unspecified atom stereocenters. The highest BCUT2D eigenvalue weighted by molar-refractivity contribution is 6.35. The Labute approximate surface area is 236 Å². The maximum atomic E-state index is 11.9. The van der Waals surface area contributed by atoms with E-state index in [-0.39, 0.29) is 11.9 Å². The van der Waals surface area contributed by atoms with Crippen molar-refractivity contribution >= 4 is 51.7 Å². The summed E-state index contributed by atoms with van der Waals surface area (Å²) < 4.78 is 17.9. The van der Waals surface area contributed by atoms with E-state index in [9.17, 15) is 4.79 Å². The molecule has 1 aromatic carbocycles. The molecule has 4 aromatic rings. The number of aryl methyl sites for hydroxylation is 1. The summed E-state index contributed by atoms with van der Waals surface area (Å²) in [6.07, 6.45) is 5.17. The van der Waals surface area contributed by atoms with Gasteiger partial charge in [-0.15, -0.1) is 0 Å². The molecule has 0 atom stereocenters. The number of aromatic nitrogens is 5. The third kappa shape index (κ3) is 5.92. The first kappa shape index (κ1) is 28.6. The Hall–Kier alpha value is -4.42. The molecule has 4 rings (SSSR count). The number of hydrogen-bond donors (Lipinski definition) is 3. The van der Waals surface area contributed by atoms with E-state index in [4.69, 9.17) is 35.8 Å². The maximum Gasteiger partial charge on any atom is 0.247 e. The summed E-state index contributed by atoms with van der Waals surface area (Å²) in [6, 6.07) is 3.64. The minimum atomic E-state index is -0.365. The number of benzene rings is 1. The third-order valence-electron chi connectivity index (χ3n) is 6.01. The highest BCUT2D eigenvalue weighted by Crippen LogP contribution is 2.44. The molecule has 0 aliphatic rings. The van der Waals surface area contributed by atoms with Crippen LogP contribution in [0.1, 0.15) is 12.5 Å². The number of fused-ring (bicyclic) bond motifs is 1. The average molecular weight is 567 g/mol. The maximum absolute atomic E-state index is 11.9. The predicted octanol–water partition coefficient (Wildman–Crippen LogP) is 4.58. The fourth-order valence-corrected chi connectivity index (χ4v) is 4.52. The van der Waals surface area contributed by atoms with Crippen LogP contribution in [0.3, 0.4) is 0 Å². The summed E-state index contributed by atoms with van der Waals surface area (Å²) in [7, 11) is 6.52.